The van der Waals surface area contributed by atoms with Gasteiger partial charge in [0, 0.05) is 17.1 Å². The number of hydrogen-bond acceptors (Lipinski definition) is 3. The number of amides is 1. The number of rotatable bonds is 4. The highest BCUT2D eigenvalue weighted by Crippen LogP contribution is 2.42. The van der Waals surface area contributed by atoms with Gasteiger partial charge in [-0.1, -0.05) is 15.9 Å². The molecular formula is C14H16BrNO3. The van der Waals surface area contributed by atoms with Gasteiger partial charge in [0.05, 0.1) is 7.11 Å². The quantitative estimate of drug-likeness (QED) is 0.799. The molecule has 0 N–H and O–H groups in total. The van der Waals surface area contributed by atoms with E-state index in [1.165, 1.54) is 12.0 Å². The lowest BCUT2D eigenvalue weighted by molar-refractivity contribution is -0.141. The number of methoxy groups -OCH3 is 1. The second kappa shape index (κ2) is 5.74. The molecule has 0 aliphatic heterocycles. The van der Waals surface area contributed by atoms with Crippen LogP contribution in [0.1, 0.15) is 34.7 Å². The lowest BCUT2D eigenvalue weighted by Crippen LogP contribution is -2.33. The molecule has 1 amide bonds. The predicted molar refractivity (Wildman–Crippen MR) is 75.1 cm³/mol. The Morgan fingerprint density at radius 3 is 2.68 bits per heavy atom. The molecule has 1 fully saturated rings. The lowest BCUT2D eigenvalue weighted by Gasteiger charge is -2.18. The molecule has 0 saturated heterocycles. The molecule has 0 radical (unpaired) electrons. The fourth-order valence-electron chi connectivity index (χ4n) is 2.00. The third-order valence-electron chi connectivity index (χ3n) is 3.20. The minimum Gasteiger partial charge on any atom is -0.468 e. The van der Waals surface area contributed by atoms with Crippen molar-refractivity contribution in [2.24, 2.45) is 0 Å². The van der Waals surface area contributed by atoms with Crippen molar-refractivity contribution in [3.8, 4) is 0 Å². The van der Waals surface area contributed by atoms with Gasteiger partial charge in [0.1, 0.15) is 6.54 Å². The Bertz CT molecular complexity index is 511. The Morgan fingerprint density at radius 2 is 2.11 bits per heavy atom. The summed E-state index contributed by atoms with van der Waals surface area (Å²) in [5, 5.41) is 0. The van der Waals surface area contributed by atoms with Crippen LogP contribution >= 0.6 is 15.9 Å². The van der Waals surface area contributed by atoms with Crippen LogP contribution in [-0.2, 0) is 9.53 Å². The zero-order valence-electron chi connectivity index (χ0n) is 11.0. The number of carbonyl (C=O) groups excluding carboxylic acids is 2. The van der Waals surface area contributed by atoms with Gasteiger partial charge in [0.15, 0.2) is 0 Å². The lowest BCUT2D eigenvalue weighted by atomic mass is 10.0. The topological polar surface area (TPSA) is 46.6 Å². The summed E-state index contributed by atoms with van der Waals surface area (Å²) in [6.45, 7) is -0.0322. The van der Waals surface area contributed by atoms with Crippen molar-refractivity contribution in [3.63, 3.8) is 0 Å². The van der Waals surface area contributed by atoms with E-state index in [1.807, 2.05) is 18.2 Å². The minimum absolute atomic E-state index is 0.0322. The molecule has 1 aliphatic rings. The van der Waals surface area contributed by atoms with Crippen LogP contribution in [0, 0.1) is 0 Å². The van der Waals surface area contributed by atoms with Crippen LogP contribution in [0.3, 0.4) is 0 Å². The molecule has 0 bridgehead atoms. The maximum Gasteiger partial charge on any atom is 0.325 e. The summed E-state index contributed by atoms with van der Waals surface area (Å²) in [5.74, 6) is -0.0799. The van der Waals surface area contributed by atoms with Gasteiger partial charge in [-0.2, -0.15) is 0 Å². The average molecular weight is 326 g/mol. The first-order valence-electron chi connectivity index (χ1n) is 6.14. The van der Waals surface area contributed by atoms with E-state index in [0.717, 1.165) is 22.9 Å². The van der Waals surface area contributed by atoms with Crippen molar-refractivity contribution in [3.05, 3.63) is 33.8 Å². The van der Waals surface area contributed by atoms with Crippen molar-refractivity contribution < 1.29 is 14.3 Å². The van der Waals surface area contributed by atoms with E-state index < -0.39 is 5.97 Å². The van der Waals surface area contributed by atoms with Crippen molar-refractivity contribution in [1.82, 2.24) is 4.90 Å². The van der Waals surface area contributed by atoms with Gasteiger partial charge in [-0.25, -0.2) is 0 Å². The van der Waals surface area contributed by atoms with E-state index in [9.17, 15) is 9.59 Å². The summed E-state index contributed by atoms with van der Waals surface area (Å²) in [5.41, 5.74) is 1.74. The largest absolute Gasteiger partial charge is 0.468 e. The van der Waals surface area contributed by atoms with E-state index in [2.05, 4.69) is 20.7 Å². The molecule has 0 aromatic heterocycles. The molecule has 0 unspecified atom stereocenters. The van der Waals surface area contributed by atoms with Crippen LogP contribution in [0.5, 0.6) is 0 Å². The van der Waals surface area contributed by atoms with Gasteiger partial charge in [-0.15, -0.1) is 0 Å². The Balaban J connectivity index is 2.21. The molecule has 1 aliphatic carbocycles. The van der Waals surface area contributed by atoms with E-state index in [1.54, 1.807) is 7.05 Å². The maximum absolute atomic E-state index is 12.4. The summed E-state index contributed by atoms with van der Waals surface area (Å²) in [6, 6.07) is 5.66. The highest BCUT2D eigenvalue weighted by Gasteiger charge is 2.29. The summed E-state index contributed by atoms with van der Waals surface area (Å²) in [4.78, 5) is 25.0. The number of esters is 1. The molecule has 1 aromatic rings. The molecule has 1 saturated carbocycles. The molecule has 2 rings (SSSR count). The van der Waals surface area contributed by atoms with E-state index in [-0.39, 0.29) is 12.5 Å². The van der Waals surface area contributed by atoms with Crippen LogP contribution in [0.4, 0.5) is 0 Å². The van der Waals surface area contributed by atoms with Gasteiger partial charge < -0.3 is 9.64 Å². The molecule has 0 atom stereocenters. The van der Waals surface area contributed by atoms with Crippen molar-refractivity contribution >= 4 is 27.8 Å². The van der Waals surface area contributed by atoms with Crippen LogP contribution in [0.25, 0.3) is 0 Å². The molecule has 0 spiro atoms. The van der Waals surface area contributed by atoms with Crippen molar-refractivity contribution in [2.75, 3.05) is 20.7 Å². The molecule has 0 heterocycles. The number of nitrogens with zero attached hydrogens (tertiary/aromatic N) is 1. The SMILES string of the molecule is COC(=O)CN(C)C(=O)c1ccc(Br)cc1C1CC1. The van der Waals surface area contributed by atoms with Gasteiger partial charge in [-0.05, 0) is 42.5 Å². The highest BCUT2D eigenvalue weighted by molar-refractivity contribution is 9.10. The predicted octanol–water partition coefficient (Wildman–Crippen LogP) is 2.57. The van der Waals surface area contributed by atoms with E-state index >= 15 is 0 Å². The summed E-state index contributed by atoms with van der Waals surface area (Å²) in [6.07, 6.45) is 2.24. The third-order valence-corrected chi connectivity index (χ3v) is 3.70. The second-order valence-corrected chi connectivity index (χ2v) is 5.66. The van der Waals surface area contributed by atoms with Crippen LogP contribution in [0.15, 0.2) is 22.7 Å². The standard InChI is InChI=1S/C14H16BrNO3/c1-16(8-13(17)19-2)14(18)11-6-5-10(15)7-12(11)9-3-4-9/h5-7,9H,3-4,8H2,1-2H3. The Kier molecular flexibility index (Phi) is 4.24. The van der Waals surface area contributed by atoms with Crippen molar-refractivity contribution in [1.29, 1.82) is 0 Å². The molecule has 4 nitrogen and oxygen atoms in total. The first-order valence-corrected chi connectivity index (χ1v) is 6.94. The van der Waals surface area contributed by atoms with E-state index in [4.69, 9.17) is 0 Å². The second-order valence-electron chi connectivity index (χ2n) is 4.74. The normalized spacial score (nSPS) is 14.1. The first-order chi connectivity index (χ1) is 9.02. The van der Waals surface area contributed by atoms with Crippen LogP contribution in [-0.4, -0.2) is 37.5 Å². The number of halogens is 1. The summed E-state index contributed by atoms with van der Waals surface area (Å²) >= 11 is 3.43. The average Bonchev–Trinajstić information content (AvgIpc) is 3.21. The Labute approximate surface area is 120 Å². The van der Waals surface area contributed by atoms with Crippen LogP contribution in [0.2, 0.25) is 0 Å². The molecule has 1 aromatic carbocycles. The molecule has 19 heavy (non-hydrogen) atoms. The summed E-state index contributed by atoms with van der Waals surface area (Å²) in [7, 11) is 2.92. The number of benzene rings is 1. The van der Waals surface area contributed by atoms with Crippen LogP contribution < -0.4 is 0 Å². The highest BCUT2D eigenvalue weighted by atomic mass is 79.9. The number of hydrogen-bond donors (Lipinski definition) is 0. The maximum atomic E-state index is 12.4. The fourth-order valence-corrected chi connectivity index (χ4v) is 2.37. The monoisotopic (exact) mass is 325 g/mol. The third kappa shape index (κ3) is 3.35. The van der Waals surface area contributed by atoms with Gasteiger partial charge in [-0.3, -0.25) is 9.59 Å². The Hall–Kier alpha value is -1.36. The van der Waals surface area contributed by atoms with Crippen molar-refractivity contribution in [2.45, 2.75) is 18.8 Å². The molecule has 102 valence electrons. The Morgan fingerprint density at radius 1 is 1.42 bits per heavy atom. The van der Waals surface area contributed by atoms with Gasteiger partial charge in [0.2, 0.25) is 0 Å². The zero-order valence-corrected chi connectivity index (χ0v) is 12.6. The molecular weight excluding hydrogens is 310 g/mol. The number of likely N-dealkylation sites (N-methyl/N-ethyl adjacent to an activating group) is 1. The fraction of sp³-hybridized carbons (Fsp3) is 0.429. The van der Waals surface area contributed by atoms with E-state index in [0.29, 0.717) is 11.5 Å². The first kappa shape index (κ1) is 14.1. The zero-order chi connectivity index (χ0) is 14.0. The minimum atomic E-state index is -0.416. The van der Waals surface area contributed by atoms with Gasteiger partial charge >= 0.3 is 5.97 Å². The smallest absolute Gasteiger partial charge is 0.325 e. The molecule has 5 heteroatoms. The van der Waals surface area contributed by atoms with Gasteiger partial charge in [0.25, 0.3) is 5.91 Å². The summed E-state index contributed by atoms with van der Waals surface area (Å²) < 4.78 is 5.55. The number of carbonyl (C=O) groups is 2. The number of ether oxygens (including phenoxy) is 1.